The molecule has 2 aliphatic heterocycles. The number of rotatable bonds is 4. The predicted molar refractivity (Wildman–Crippen MR) is 147 cm³/mol. The lowest BCUT2D eigenvalue weighted by Gasteiger charge is -2.45. The van der Waals surface area contributed by atoms with E-state index in [4.69, 9.17) is 0 Å². The normalized spacial score (nSPS) is 20.2. The quantitative estimate of drug-likeness (QED) is 0.274. The number of carbonyl (C=O) groups excluding carboxylic acids is 4. The van der Waals surface area contributed by atoms with E-state index in [9.17, 15) is 19.2 Å². The Balaban J connectivity index is 1.29. The van der Waals surface area contributed by atoms with Crippen molar-refractivity contribution in [2.24, 2.45) is 0 Å². The highest BCUT2D eigenvalue weighted by Crippen LogP contribution is 2.56. The van der Waals surface area contributed by atoms with Gasteiger partial charge in [-0.05, 0) is 57.7 Å². The summed E-state index contributed by atoms with van der Waals surface area (Å²) in [6, 6.07) is 30.2. The van der Waals surface area contributed by atoms with Gasteiger partial charge < -0.3 is 0 Å². The molecule has 9 rings (SSSR count). The van der Waals surface area contributed by atoms with Gasteiger partial charge in [-0.1, -0.05) is 72.8 Å². The van der Waals surface area contributed by atoms with Crippen LogP contribution in [0.5, 0.6) is 0 Å². The molecular weight excluding hydrogens is 500 g/mol. The molecule has 0 atom stereocenters. The van der Waals surface area contributed by atoms with Crippen molar-refractivity contribution >= 4 is 23.6 Å². The second-order valence-electron chi connectivity index (χ2n) is 10.7. The Morgan fingerprint density at radius 3 is 0.925 bits per heavy atom. The van der Waals surface area contributed by atoms with Crippen molar-refractivity contribution in [2.75, 3.05) is 13.1 Å². The number of nitrogens with zero attached hydrogens (tertiary/aromatic N) is 2. The maximum atomic E-state index is 13.4. The molecule has 3 aliphatic carbocycles. The third kappa shape index (κ3) is 2.93. The van der Waals surface area contributed by atoms with Crippen LogP contribution < -0.4 is 0 Å². The fourth-order valence-corrected chi connectivity index (χ4v) is 7.02. The third-order valence-electron chi connectivity index (χ3n) is 8.76. The lowest BCUT2D eigenvalue weighted by Crippen LogP contribution is -2.41. The van der Waals surface area contributed by atoms with E-state index >= 15 is 0 Å². The number of fused-ring (bicyclic) bond motifs is 2. The maximum absolute atomic E-state index is 13.4. The first kappa shape index (κ1) is 22.8. The van der Waals surface area contributed by atoms with Crippen LogP contribution in [0.15, 0.2) is 108 Å². The first-order valence-corrected chi connectivity index (χ1v) is 13.3. The second-order valence-corrected chi connectivity index (χ2v) is 10.7. The maximum Gasteiger partial charge on any atom is 0.261 e. The number of benzene rings is 4. The van der Waals surface area contributed by atoms with E-state index in [2.05, 4.69) is 24.3 Å². The fraction of sp³-hybridized carbons (Fsp3) is 0.118. The predicted octanol–water partition coefficient (Wildman–Crippen LogP) is 5.17. The number of amides is 4. The van der Waals surface area contributed by atoms with Gasteiger partial charge in [0.05, 0.1) is 35.3 Å². The molecule has 6 heteroatoms. The van der Waals surface area contributed by atoms with Crippen LogP contribution in [-0.2, 0) is 0 Å². The molecule has 4 amide bonds. The highest BCUT2D eigenvalue weighted by Gasteiger charge is 2.47. The molecule has 0 saturated carbocycles. The van der Waals surface area contributed by atoms with Gasteiger partial charge in [0.1, 0.15) is 0 Å². The molecule has 4 aromatic rings. The minimum Gasteiger partial charge on any atom is -0.270 e. The van der Waals surface area contributed by atoms with Crippen molar-refractivity contribution in [3.63, 3.8) is 0 Å². The SMILES string of the molecule is O=C1c2ccccc2C(=O)N1CC1=C(CN2C(=O)c3ccccc3C2=O)C2c3ccccc3C1c1ccccc12. The van der Waals surface area contributed by atoms with Gasteiger partial charge in [-0.15, -0.1) is 0 Å². The average molecular weight is 523 g/mol. The molecule has 0 saturated heterocycles. The molecule has 2 heterocycles. The lowest BCUT2D eigenvalue weighted by atomic mass is 9.61. The smallest absolute Gasteiger partial charge is 0.261 e. The first-order chi connectivity index (χ1) is 19.5. The summed E-state index contributed by atoms with van der Waals surface area (Å²) in [5, 5.41) is 0. The Hall–Kier alpha value is -5.10. The molecule has 0 spiro atoms. The van der Waals surface area contributed by atoms with Crippen molar-refractivity contribution in [2.45, 2.75) is 11.8 Å². The Labute approximate surface area is 230 Å². The van der Waals surface area contributed by atoms with Crippen LogP contribution in [0.3, 0.4) is 0 Å². The molecule has 4 aromatic carbocycles. The zero-order valence-corrected chi connectivity index (χ0v) is 21.3. The van der Waals surface area contributed by atoms with Gasteiger partial charge in [0, 0.05) is 11.8 Å². The van der Waals surface area contributed by atoms with Gasteiger partial charge in [0.15, 0.2) is 0 Å². The van der Waals surface area contributed by atoms with Crippen molar-refractivity contribution in [3.8, 4) is 0 Å². The molecule has 0 fully saturated rings. The molecule has 0 unspecified atom stereocenters. The Morgan fingerprint density at radius 1 is 0.400 bits per heavy atom. The molecule has 0 N–H and O–H groups in total. The minimum atomic E-state index is -0.323. The molecular formula is C34H22N2O4. The van der Waals surface area contributed by atoms with E-state index in [1.165, 1.54) is 9.80 Å². The van der Waals surface area contributed by atoms with Crippen LogP contribution in [0.25, 0.3) is 0 Å². The van der Waals surface area contributed by atoms with E-state index in [1.54, 1.807) is 48.5 Å². The monoisotopic (exact) mass is 522 g/mol. The number of hydrogen-bond acceptors (Lipinski definition) is 4. The van der Waals surface area contributed by atoms with E-state index in [0.717, 1.165) is 33.4 Å². The summed E-state index contributed by atoms with van der Waals surface area (Å²) in [6.07, 6.45) is 0. The number of carbonyl (C=O) groups is 4. The molecule has 192 valence electrons. The summed E-state index contributed by atoms with van der Waals surface area (Å²) in [7, 11) is 0. The second kappa shape index (κ2) is 8.20. The standard InChI is InChI=1S/C34H22N2O4/c37-31-23-13-5-6-14-24(23)32(38)35(31)17-27-28(18-36-33(39)25-15-7-8-16-26(25)34(36)40)30-20-10-2-1-9-19(20)29(27)21-11-3-4-12-22(21)30/h1-16,29-30H,17-18H2. The molecule has 0 radical (unpaired) electrons. The average Bonchev–Trinajstić information content (AvgIpc) is 3.38. The summed E-state index contributed by atoms with van der Waals surface area (Å²) in [5.41, 5.74) is 7.91. The van der Waals surface area contributed by atoms with E-state index in [0.29, 0.717) is 22.3 Å². The highest BCUT2D eigenvalue weighted by molar-refractivity contribution is 6.22. The van der Waals surface area contributed by atoms with Gasteiger partial charge >= 0.3 is 0 Å². The third-order valence-corrected chi connectivity index (χ3v) is 8.76. The Morgan fingerprint density at radius 2 is 0.650 bits per heavy atom. The zero-order chi connectivity index (χ0) is 27.1. The summed E-state index contributed by atoms with van der Waals surface area (Å²) in [6.45, 7) is 0.184. The van der Waals surface area contributed by atoms with E-state index in [1.807, 2.05) is 24.3 Å². The van der Waals surface area contributed by atoms with Crippen LogP contribution in [0.2, 0.25) is 0 Å². The lowest BCUT2D eigenvalue weighted by molar-refractivity contribution is 0.0641. The van der Waals surface area contributed by atoms with Gasteiger partial charge in [-0.2, -0.15) is 0 Å². The Kier molecular flexibility index (Phi) is 4.68. The van der Waals surface area contributed by atoms with Crippen molar-refractivity contribution in [1.29, 1.82) is 0 Å². The molecule has 0 aromatic heterocycles. The van der Waals surface area contributed by atoms with Crippen LogP contribution >= 0.6 is 0 Å². The van der Waals surface area contributed by atoms with Gasteiger partial charge in [-0.3, -0.25) is 29.0 Å². The van der Waals surface area contributed by atoms with Crippen molar-refractivity contribution in [1.82, 2.24) is 9.80 Å². The topological polar surface area (TPSA) is 74.8 Å². The summed E-state index contributed by atoms with van der Waals surface area (Å²) >= 11 is 0. The van der Waals surface area contributed by atoms with Crippen LogP contribution in [0.1, 0.15) is 75.5 Å². The van der Waals surface area contributed by atoms with Crippen LogP contribution in [0, 0.1) is 0 Å². The summed E-state index contributed by atoms with van der Waals surface area (Å²) in [4.78, 5) is 56.4. The fourth-order valence-electron chi connectivity index (χ4n) is 7.02. The largest absolute Gasteiger partial charge is 0.270 e. The zero-order valence-electron chi connectivity index (χ0n) is 21.3. The van der Waals surface area contributed by atoms with Crippen molar-refractivity contribution < 1.29 is 19.2 Å². The molecule has 40 heavy (non-hydrogen) atoms. The van der Waals surface area contributed by atoms with Gasteiger partial charge in [-0.25, -0.2) is 0 Å². The summed E-state index contributed by atoms with van der Waals surface area (Å²) in [5.74, 6) is -1.70. The number of hydrogen-bond donors (Lipinski definition) is 0. The molecule has 6 nitrogen and oxygen atoms in total. The minimum absolute atomic E-state index is 0.0919. The number of imide groups is 2. The summed E-state index contributed by atoms with van der Waals surface area (Å²) < 4.78 is 0. The Bertz CT molecular complexity index is 1620. The van der Waals surface area contributed by atoms with Crippen LogP contribution in [-0.4, -0.2) is 46.5 Å². The van der Waals surface area contributed by atoms with E-state index < -0.39 is 0 Å². The van der Waals surface area contributed by atoms with Gasteiger partial charge in [0.25, 0.3) is 23.6 Å². The van der Waals surface area contributed by atoms with Crippen LogP contribution in [0.4, 0.5) is 0 Å². The van der Waals surface area contributed by atoms with Crippen molar-refractivity contribution in [3.05, 3.63) is 153 Å². The highest BCUT2D eigenvalue weighted by atomic mass is 16.2. The molecule has 5 aliphatic rings. The first-order valence-electron chi connectivity index (χ1n) is 13.3. The van der Waals surface area contributed by atoms with E-state index in [-0.39, 0.29) is 48.6 Å². The molecule has 2 bridgehead atoms. The van der Waals surface area contributed by atoms with Gasteiger partial charge in [0.2, 0.25) is 0 Å².